The van der Waals surface area contributed by atoms with Crippen LogP contribution < -0.4 is 16.0 Å². The third-order valence-corrected chi connectivity index (χ3v) is 4.33. The minimum absolute atomic E-state index is 0.122. The van der Waals surface area contributed by atoms with Gasteiger partial charge in [-0.15, -0.1) is 0 Å². The van der Waals surface area contributed by atoms with Crippen molar-refractivity contribution >= 4 is 22.9 Å². The Morgan fingerprint density at radius 3 is 2.78 bits per heavy atom. The number of fused-ring (bicyclic) bond motifs is 1. The van der Waals surface area contributed by atoms with Gasteiger partial charge in [0.25, 0.3) is 0 Å². The van der Waals surface area contributed by atoms with E-state index in [-0.39, 0.29) is 31.0 Å². The van der Waals surface area contributed by atoms with Gasteiger partial charge in [0.15, 0.2) is 0 Å². The lowest BCUT2D eigenvalue weighted by atomic mass is 10.1. The number of nitrogens with zero attached hydrogens (tertiary/aromatic N) is 3. The highest BCUT2D eigenvalue weighted by Crippen LogP contribution is 2.26. The van der Waals surface area contributed by atoms with Crippen molar-refractivity contribution in [3.63, 3.8) is 0 Å². The second-order valence-electron chi connectivity index (χ2n) is 6.44. The number of benzene rings is 1. The van der Waals surface area contributed by atoms with Gasteiger partial charge >= 0.3 is 6.18 Å². The van der Waals surface area contributed by atoms with Crippen molar-refractivity contribution < 1.29 is 26.7 Å². The molecule has 0 unspecified atom stereocenters. The van der Waals surface area contributed by atoms with Crippen LogP contribution in [0.2, 0.25) is 0 Å². The van der Waals surface area contributed by atoms with E-state index in [1.807, 2.05) is 0 Å². The molecule has 1 aromatic heterocycles. The molecule has 3 N–H and O–H groups in total. The number of hydrogen-bond donors (Lipinski definition) is 2. The van der Waals surface area contributed by atoms with Crippen LogP contribution in [0.3, 0.4) is 0 Å². The Hall–Kier alpha value is -2.43. The van der Waals surface area contributed by atoms with E-state index < -0.39 is 43.2 Å². The van der Waals surface area contributed by atoms with Crippen molar-refractivity contribution in [1.82, 2.24) is 14.9 Å². The highest BCUT2D eigenvalue weighted by molar-refractivity contribution is 5.83. The Labute approximate surface area is 151 Å². The van der Waals surface area contributed by atoms with E-state index in [1.165, 1.54) is 16.7 Å². The summed E-state index contributed by atoms with van der Waals surface area (Å²) in [6.07, 6.45) is -5.57. The van der Waals surface area contributed by atoms with Gasteiger partial charge < -0.3 is 20.5 Å². The van der Waals surface area contributed by atoms with Crippen LogP contribution in [0, 0.1) is 5.82 Å². The first kappa shape index (κ1) is 19.3. The molecule has 27 heavy (non-hydrogen) atoms. The third kappa shape index (κ3) is 4.46. The third-order valence-electron chi connectivity index (χ3n) is 4.33. The van der Waals surface area contributed by atoms with Crippen LogP contribution >= 0.6 is 0 Å². The van der Waals surface area contributed by atoms with Crippen molar-refractivity contribution in [2.45, 2.75) is 31.4 Å². The fourth-order valence-electron chi connectivity index (χ4n) is 3.01. The van der Waals surface area contributed by atoms with Gasteiger partial charge in [0.05, 0.1) is 17.1 Å². The number of piperidine rings is 1. The predicted molar refractivity (Wildman–Crippen MR) is 88.5 cm³/mol. The Balaban J connectivity index is 1.91. The summed E-state index contributed by atoms with van der Waals surface area (Å²) >= 11 is 0. The molecule has 0 spiro atoms. The van der Waals surface area contributed by atoms with Crippen LogP contribution in [0.5, 0.6) is 0 Å². The summed E-state index contributed by atoms with van der Waals surface area (Å²) in [7, 11) is 0. The van der Waals surface area contributed by atoms with Crippen LogP contribution in [-0.4, -0.2) is 53.5 Å². The summed E-state index contributed by atoms with van der Waals surface area (Å²) in [5.41, 5.74) is 6.37. The number of alkyl halides is 4. The predicted octanol–water partition coefficient (Wildman–Crippen LogP) is 1.73. The van der Waals surface area contributed by atoms with Crippen molar-refractivity contribution in [3.8, 4) is 0 Å². The molecule has 0 bridgehead atoms. The quantitative estimate of drug-likeness (QED) is 0.779. The summed E-state index contributed by atoms with van der Waals surface area (Å²) < 4.78 is 65.5. The lowest BCUT2D eigenvalue weighted by Gasteiger charge is -2.34. The zero-order valence-electron chi connectivity index (χ0n) is 14.1. The highest BCUT2D eigenvalue weighted by Gasteiger charge is 2.31. The zero-order chi connectivity index (χ0) is 19.8. The molecule has 11 heteroatoms. The molecule has 0 radical (unpaired) electrons. The number of amides is 1. The number of aromatic nitrogens is 2. The van der Waals surface area contributed by atoms with Gasteiger partial charge in [0.1, 0.15) is 25.1 Å². The Morgan fingerprint density at radius 1 is 1.37 bits per heavy atom. The van der Waals surface area contributed by atoms with Crippen LogP contribution in [0.25, 0.3) is 11.0 Å². The minimum atomic E-state index is -4.54. The average molecular weight is 391 g/mol. The Bertz CT molecular complexity index is 836. The molecule has 1 fully saturated rings. The van der Waals surface area contributed by atoms with Gasteiger partial charge in [-0.05, 0) is 24.6 Å². The first-order chi connectivity index (χ1) is 12.6. The van der Waals surface area contributed by atoms with Gasteiger partial charge in [-0.3, -0.25) is 4.79 Å². The van der Waals surface area contributed by atoms with E-state index in [9.17, 15) is 26.7 Å². The number of hydrogen-bond acceptors (Lipinski definition) is 4. The smallest absolute Gasteiger partial charge is 0.345 e. The standard InChI is InChI=1S/C16H18F5N5O/c17-9-1-2-12-13(5-9)26(7-14(27)23-8-16(19,20)21)15(24-12)25-4-3-10(18)11(22)6-25/h1-2,5,10-11H,3-4,6-8,22H2,(H,23,27)/t10-,11-/m1/s1. The molecule has 1 aliphatic rings. The number of nitrogens with two attached hydrogens (primary N) is 1. The van der Waals surface area contributed by atoms with E-state index in [1.54, 1.807) is 10.2 Å². The van der Waals surface area contributed by atoms with Gasteiger partial charge in [-0.2, -0.15) is 13.2 Å². The highest BCUT2D eigenvalue weighted by atomic mass is 19.4. The molecule has 1 aliphatic heterocycles. The molecule has 1 saturated heterocycles. The van der Waals surface area contributed by atoms with Crippen LogP contribution in [0.4, 0.5) is 27.9 Å². The summed E-state index contributed by atoms with van der Waals surface area (Å²) in [5.74, 6) is -1.24. The number of carbonyl (C=O) groups excluding carboxylic acids is 1. The van der Waals surface area contributed by atoms with Crippen molar-refractivity contribution in [2.24, 2.45) is 5.73 Å². The zero-order valence-corrected chi connectivity index (χ0v) is 14.1. The Morgan fingerprint density at radius 2 is 2.11 bits per heavy atom. The number of carbonyl (C=O) groups is 1. The van der Waals surface area contributed by atoms with Crippen LogP contribution in [-0.2, 0) is 11.3 Å². The minimum Gasteiger partial charge on any atom is -0.345 e. The number of anilines is 1. The SMILES string of the molecule is N[C@@H]1CN(c2nc3ccc(F)cc3n2CC(=O)NCC(F)(F)F)CC[C@H]1F. The number of imidazole rings is 1. The normalized spacial score (nSPS) is 20.9. The molecule has 148 valence electrons. The molecule has 0 aliphatic carbocycles. The van der Waals surface area contributed by atoms with Crippen LogP contribution in [0.15, 0.2) is 18.2 Å². The molecule has 2 aromatic rings. The average Bonchev–Trinajstić information content (AvgIpc) is 2.93. The van der Waals surface area contributed by atoms with Crippen molar-refractivity contribution in [2.75, 3.05) is 24.5 Å². The lowest BCUT2D eigenvalue weighted by Crippen LogP contribution is -2.50. The van der Waals surface area contributed by atoms with E-state index in [2.05, 4.69) is 4.98 Å². The molecule has 6 nitrogen and oxygen atoms in total. The van der Waals surface area contributed by atoms with Crippen molar-refractivity contribution in [3.05, 3.63) is 24.0 Å². The second kappa shape index (κ2) is 7.29. The fourth-order valence-corrected chi connectivity index (χ4v) is 3.01. The topological polar surface area (TPSA) is 76.2 Å². The summed E-state index contributed by atoms with van der Waals surface area (Å²) in [6.45, 7) is -1.57. The molecular formula is C16H18F5N5O. The van der Waals surface area contributed by atoms with Gasteiger partial charge in [0, 0.05) is 13.1 Å². The number of halogens is 5. The van der Waals surface area contributed by atoms with Gasteiger partial charge in [-0.25, -0.2) is 13.8 Å². The van der Waals surface area contributed by atoms with E-state index >= 15 is 0 Å². The van der Waals surface area contributed by atoms with Crippen LogP contribution in [0.1, 0.15) is 6.42 Å². The molecule has 3 rings (SSSR count). The largest absolute Gasteiger partial charge is 0.405 e. The van der Waals surface area contributed by atoms with Gasteiger partial charge in [-0.1, -0.05) is 0 Å². The first-order valence-electron chi connectivity index (χ1n) is 8.28. The molecule has 2 atom stereocenters. The van der Waals surface area contributed by atoms with Crippen molar-refractivity contribution in [1.29, 1.82) is 0 Å². The van der Waals surface area contributed by atoms with Gasteiger partial charge in [0.2, 0.25) is 11.9 Å². The maximum absolute atomic E-state index is 13.6. The summed E-state index contributed by atoms with van der Waals surface area (Å²) in [4.78, 5) is 18.0. The van der Waals surface area contributed by atoms with E-state index in [0.717, 1.165) is 6.07 Å². The van der Waals surface area contributed by atoms with E-state index in [4.69, 9.17) is 5.73 Å². The molecule has 1 amide bonds. The monoisotopic (exact) mass is 391 g/mol. The molecule has 0 saturated carbocycles. The summed E-state index contributed by atoms with van der Waals surface area (Å²) in [6, 6.07) is 2.97. The van der Waals surface area contributed by atoms with E-state index in [0.29, 0.717) is 5.52 Å². The fraction of sp³-hybridized carbons (Fsp3) is 0.500. The Kier molecular flexibility index (Phi) is 5.22. The molecule has 1 aromatic carbocycles. The first-order valence-corrected chi connectivity index (χ1v) is 8.28. The lowest BCUT2D eigenvalue weighted by molar-refractivity contribution is -0.138. The molecular weight excluding hydrogens is 373 g/mol. The maximum Gasteiger partial charge on any atom is 0.405 e. The second-order valence-corrected chi connectivity index (χ2v) is 6.44. The number of rotatable bonds is 4. The maximum atomic E-state index is 13.6. The molecule has 2 heterocycles. The summed E-state index contributed by atoms with van der Waals surface area (Å²) in [5, 5.41) is 1.78. The number of nitrogens with one attached hydrogen (secondary N) is 1.